The highest BCUT2D eigenvalue weighted by atomic mass is 15.1. The summed E-state index contributed by atoms with van der Waals surface area (Å²) in [6.07, 6.45) is 6.61. The van der Waals surface area contributed by atoms with E-state index in [9.17, 15) is 0 Å². The van der Waals surface area contributed by atoms with Crippen molar-refractivity contribution in [3.8, 4) is 0 Å². The summed E-state index contributed by atoms with van der Waals surface area (Å²) in [7, 11) is 11.3. The maximum Gasteiger partial charge on any atom is 0.105 e. The van der Waals surface area contributed by atoms with Crippen LogP contribution >= 0.6 is 0 Å². The summed E-state index contributed by atoms with van der Waals surface area (Å²) in [6.45, 7) is 14.5. The predicted molar refractivity (Wildman–Crippen MR) is 114 cm³/mol. The lowest BCUT2D eigenvalue weighted by molar-refractivity contribution is 0.0873. The van der Waals surface area contributed by atoms with Gasteiger partial charge in [-0.25, -0.2) is 0 Å². The van der Waals surface area contributed by atoms with Gasteiger partial charge in [0.1, 0.15) is 7.85 Å². The van der Waals surface area contributed by atoms with Gasteiger partial charge in [-0.3, -0.25) is 0 Å². The molecule has 0 amide bonds. The Labute approximate surface area is 155 Å². The third-order valence-corrected chi connectivity index (χ3v) is 5.56. The highest BCUT2D eigenvalue weighted by Crippen LogP contribution is 2.36. The van der Waals surface area contributed by atoms with Gasteiger partial charge in [0.15, 0.2) is 0 Å². The van der Waals surface area contributed by atoms with Crippen molar-refractivity contribution in [2.45, 2.75) is 91.5 Å². The van der Waals surface area contributed by atoms with Gasteiger partial charge in [0.2, 0.25) is 0 Å². The van der Waals surface area contributed by atoms with Crippen molar-refractivity contribution >= 4 is 7.85 Å². The highest BCUT2D eigenvalue weighted by Gasteiger charge is 2.33. The van der Waals surface area contributed by atoms with Crippen LogP contribution in [-0.2, 0) is 0 Å². The lowest BCUT2D eigenvalue weighted by Crippen LogP contribution is -2.43. The maximum absolute atomic E-state index is 2.48. The summed E-state index contributed by atoms with van der Waals surface area (Å²) < 4.78 is 0. The van der Waals surface area contributed by atoms with E-state index in [1.807, 2.05) is 0 Å². The highest BCUT2D eigenvalue weighted by molar-refractivity contribution is 6.11. The molecule has 0 spiro atoms. The molecule has 3 heteroatoms. The molecule has 0 saturated carbocycles. The van der Waals surface area contributed by atoms with Crippen molar-refractivity contribution in [2.75, 3.05) is 28.2 Å². The predicted octanol–water partition coefficient (Wildman–Crippen LogP) is 4.56. The van der Waals surface area contributed by atoms with Crippen LogP contribution in [0.3, 0.4) is 0 Å². The first-order valence-corrected chi connectivity index (χ1v) is 10.2. The van der Waals surface area contributed by atoms with E-state index in [0.717, 1.165) is 23.7 Å². The molecular formula is C21H47BN2. The van der Waals surface area contributed by atoms with Gasteiger partial charge in [-0.05, 0) is 77.5 Å². The van der Waals surface area contributed by atoms with E-state index < -0.39 is 0 Å². The molecular weight excluding hydrogens is 291 g/mol. The average Bonchev–Trinajstić information content (AvgIpc) is 2.38. The van der Waals surface area contributed by atoms with Crippen molar-refractivity contribution in [3.63, 3.8) is 0 Å². The van der Waals surface area contributed by atoms with E-state index in [1.165, 1.54) is 32.1 Å². The SMILES string of the molecule is BC(C)CC(CCC(C)CC(C)(C)C(CC(C)C)N(C)C)N(C)C. The number of rotatable bonds is 12. The number of hydrogen-bond acceptors (Lipinski definition) is 2. The second-order valence-corrected chi connectivity index (χ2v) is 10.2. The Bertz CT molecular complexity index is 324. The molecule has 0 aliphatic heterocycles. The topological polar surface area (TPSA) is 6.48 Å². The Morgan fingerprint density at radius 1 is 0.833 bits per heavy atom. The molecule has 0 aliphatic carbocycles. The smallest absolute Gasteiger partial charge is 0.105 e. The summed E-state index contributed by atoms with van der Waals surface area (Å²) in [5, 5.41) is 0. The van der Waals surface area contributed by atoms with Gasteiger partial charge in [0.25, 0.3) is 0 Å². The van der Waals surface area contributed by atoms with Gasteiger partial charge in [0, 0.05) is 12.1 Å². The Balaban J connectivity index is 4.67. The molecule has 0 radical (unpaired) electrons. The number of nitrogens with zero attached hydrogens (tertiary/aromatic N) is 2. The third-order valence-electron chi connectivity index (χ3n) is 5.56. The van der Waals surface area contributed by atoms with Gasteiger partial charge in [-0.1, -0.05) is 47.4 Å². The molecule has 24 heavy (non-hydrogen) atoms. The van der Waals surface area contributed by atoms with Crippen molar-refractivity contribution in [1.29, 1.82) is 0 Å². The first kappa shape index (κ1) is 24.0. The molecule has 0 heterocycles. The minimum atomic E-state index is 0.374. The van der Waals surface area contributed by atoms with Crippen molar-refractivity contribution < 1.29 is 0 Å². The van der Waals surface area contributed by atoms with Crippen LogP contribution in [0, 0.1) is 17.3 Å². The molecule has 0 aliphatic rings. The Kier molecular flexibility index (Phi) is 10.9. The lowest BCUT2D eigenvalue weighted by Gasteiger charge is -2.42. The summed E-state index contributed by atoms with van der Waals surface area (Å²) >= 11 is 0. The van der Waals surface area contributed by atoms with Crippen LogP contribution in [0.4, 0.5) is 0 Å². The van der Waals surface area contributed by atoms with Crippen LogP contribution < -0.4 is 0 Å². The van der Waals surface area contributed by atoms with Crippen LogP contribution in [0.5, 0.6) is 0 Å². The van der Waals surface area contributed by atoms with Crippen LogP contribution in [0.15, 0.2) is 0 Å². The lowest BCUT2D eigenvalue weighted by atomic mass is 9.72. The molecule has 4 atom stereocenters. The zero-order valence-corrected chi connectivity index (χ0v) is 18.8. The first-order chi connectivity index (χ1) is 10.9. The molecule has 0 fully saturated rings. The van der Waals surface area contributed by atoms with E-state index in [0.29, 0.717) is 11.5 Å². The van der Waals surface area contributed by atoms with Gasteiger partial charge in [0.05, 0.1) is 0 Å². The molecule has 4 unspecified atom stereocenters. The van der Waals surface area contributed by atoms with E-state index in [4.69, 9.17) is 0 Å². The summed E-state index contributed by atoms with van der Waals surface area (Å²) in [6, 6.07) is 1.40. The second kappa shape index (κ2) is 10.9. The molecule has 0 aromatic carbocycles. The molecule has 0 bridgehead atoms. The van der Waals surface area contributed by atoms with Crippen LogP contribution in [0.25, 0.3) is 0 Å². The normalized spacial score (nSPS) is 18.2. The fraction of sp³-hybridized carbons (Fsp3) is 1.00. The van der Waals surface area contributed by atoms with Gasteiger partial charge < -0.3 is 9.80 Å². The van der Waals surface area contributed by atoms with E-state index >= 15 is 0 Å². The zero-order chi connectivity index (χ0) is 19.1. The van der Waals surface area contributed by atoms with Crippen LogP contribution in [0.2, 0.25) is 5.82 Å². The number of hydrogen-bond donors (Lipinski definition) is 0. The molecule has 0 aromatic heterocycles. The minimum Gasteiger partial charge on any atom is -0.306 e. The first-order valence-electron chi connectivity index (χ1n) is 10.2. The van der Waals surface area contributed by atoms with Gasteiger partial charge in [-0.15, -0.1) is 0 Å². The van der Waals surface area contributed by atoms with Crippen molar-refractivity contribution in [1.82, 2.24) is 9.80 Å². The standard InChI is InChI=1S/C21H47BN2/c1-16(2)13-20(24(9)10)21(5,6)15-17(3)11-12-19(23(7)8)14-18(4)22/h16-20H,11-15,22H2,1-10H3. The van der Waals surface area contributed by atoms with Crippen LogP contribution in [-0.4, -0.2) is 57.9 Å². The summed E-state index contributed by atoms with van der Waals surface area (Å²) in [4.78, 5) is 4.88. The minimum absolute atomic E-state index is 0.374. The molecule has 144 valence electrons. The Morgan fingerprint density at radius 2 is 1.38 bits per heavy atom. The van der Waals surface area contributed by atoms with Gasteiger partial charge in [-0.2, -0.15) is 0 Å². The van der Waals surface area contributed by atoms with Gasteiger partial charge >= 0.3 is 0 Å². The van der Waals surface area contributed by atoms with E-state index in [1.54, 1.807) is 0 Å². The second-order valence-electron chi connectivity index (χ2n) is 10.2. The third kappa shape index (κ3) is 9.46. The molecule has 0 N–H and O–H groups in total. The fourth-order valence-electron chi connectivity index (χ4n) is 4.42. The largest absolute Gasteiger partial charge is 0.306 e. The Morgan fingerprint density at radius 3 is 1.75 bits per heavy atom. The zero-order valence-electron chi connectivity index (χ0n) is 18.8. The Hall–Kier alpha value is -0.0151. The molecule has 0 aromatic rings. The monoisotopic (exact) mass is 338 g/mol. The quantitative estimate of drug-likeness (QED) is 0.482. The molecule has 0 saturated heterocycles. The molecule has 0 rings (SSSR count). The molecule has 2 nitrogen and oxygen atoms in total. The summed E-state index contributed by atoms with van der Waals surface area (Å²) in [5.74, 6) is 2.34. The van der Waals surface area contributed by atoms with Crippen molar-refractivity contribution in [3.05, 3.63) is 0 Å². The van der Waals surface area contributed by atoms with Crippen molar-refractivity contribution in [2.24, 2.45) is 17.3 Å². The van der Waals surface area contributed by atoms with E-state index in [2.05, 4.69) is 87.4 Å². The average molecular weight is 338 g/mol. The summed E-state index contributed by atoms with van der Waals surface area (Å²) in [5.41, 5.74) is 0.374. The van der Waals surface area contributed by atoms with E-state index in [-0.39, 0.29) is 0 Å². The maximum atomic E-state index is 2.48. The van der Waals surface area contributed by atoms with Crippen LogP contribution in [0.1, 0.15) is 73.6 Å². The fourth-order valence-corrected chi connectivity index (χ4v) is 4.42.